The number of methoxy groups -OCH3 is 2. The Morgan fingerprint density at radius 1 is 0.935 bits per heavy atom. The van der Waals surface area contributed by atoms with Gasteiger partial charge in [0.1, 0.15) is 34.8 Å². The zero-order valence-corrected chi connectivity index (χ0v) is 25.5. The van der Waals surface area contributed by atoms with Gasteiger partial charge in [-0.15, -0.1) is 0 Å². The zero-order chi connectivity index (χ0) is 32.0. The Balaban J connectivity index is 1.33. The number of benzene rings is 3. The summed E-state index contributed by atoms with van der Waals surface area (Å²) in [6.45, 7) is 0.787. The van der Waals surface area contributed by atoms with E-state index >= 15 is 0 Å². The number of piperidine rings is 1. The third kappa shape index (κ3) is 6.88. The lowest BCUT2D eigenvalue weighted by atomic mass is 9.99. The van der Waals surface area contributed by atoms with Gasteiger partial charge < -0.3 is 34.5 Å². The van der Waals surface area contributed by atoms with E-state index in [0.29, 0.717) is 53.6 Å². The first-order valence-electron chi connectivity index (χ1n) is 14.9. The summed E-state index contributed by atoms with van der Waals surface area (Å²) < 4.78 is 23.1. The molecule has 7 rings (SSSR count). The predicted octanol–water partition coefficient (Wildman–Crippen LogP) is 3.87. The predicted molar refractivity (Wildman–Crippen MR) is 169 cm³/mol. The molecule has 0 saturated carbocycles. The number of nitrogens with one attached hydrogen (secondary N) is 2. The summed E-state index contributed by atoms with van der Waals surface area (Å²) in [5, 5.41) is 6.01. The summed E-state index contributed by atoms with van der Waals surface area (Å²) in [6, 6.07) is 22.6. The number of rotatable bonds is 3. The standard InChI is InChI=1S/C35H34N4O7/c1-43-26-12-14-36-29(18-26)35(42)39-15-13-32-30(20-39)38-34(41)24-8-11-31(44-2)28(17-24)23-4-3-5-27(16-23)45-21-33(40)37-19-22-6-9-25(46-32)10-7-22/h3-12,14,16-18,30,32H,13,15,19-21H2,1-2H3,(H,37,40)(H,38,41)/t30-,32-/m1/s1. The molecule has 6 bridgehead atoms. The maximum atomic E-state index is 13.8. The Labute approximate surface area is 266 Å². The van der Waals surface area contributed by atoms with Crippen molar-refractivity contribution in [1.82, 2.24) is 20.5 Å². The molecule has 11 nitrogen and oxygen atoms in total. The number of nitrogens with zero attached hydrogens (tertiary/aromatic N) is 2. The van der Waals surface area contributed by atoms with Crippen molar-refractivity contribution >= 4 is 17.7 Å². The Morgan fingerprint density at radius 2 is 1.78 bits per heavy atom. The van der Waals surface area contributed by atoms with Gasteiger partial charge in [-0.2, -0.15) is 0 Å². The monoisotopic (exact) mass is 622 g/mol. The van der Waals surface area contributed by atoms with Crippen molar-refractivity contribution in [2.24, 2.45) is 0 Å². The van der Waals surface area contributed by atoms with Crippen molar-refractivity contribution in [3.63, 3.8) is 0 Å². The van der Waals surface area contributed by atoms with Gasteiger partial charge in [0.25, 0.3) is 17.7 Å². The number of amides is 3. The van der Waals surface area contributed by atoms with Crippen LogP contribution in [0.3, 0.4) is 0 Å². The maximum absolute atomic E-state index is 13.8. The number of likely N-dealkylation sites (tertiary alicyclic amines) is 1. The highest BCUT2D eigenvalue weighted by Gasteiger charge is 2.35. The van der Waals surface area contributed by atoms with E-state index in [1.165, 1.54) is 13.3 Å². The number of pyridine rings is 1. The van der Waals surface area contributed by atoms with Gasteiger partial charge in [-0.05, 0) is 59.7 Å². The molecular formula is C35H34N4O7. The van der Waals surface area contributed by atoms with Gasteiger partial charge in [-0.1, -0.05) is 24.3 Å². The summed E-state index contributed by atoms with van der Waals surface area (Å²) in [5.74, 6) is 1.35. The topological polar surface area (TPSA) is 128 Å². The third-order valence-electron chi connectivity index (χ3n) is 8.02. The molecule has 2 atom stereocenters. The minimum Gasteiger partial charge on any atom is -0.497 e. The van der Waals surface area contributed by atoms with E-state index < -0.39 is 12.1 Å². The first-order valence-corrected chi connectivity index (χ1v) is 14.9. The number of fused-ring (bicyclic) bond motifs is 7. The molecule has 0 radical (unpaired) electrons. The molecule has 1 saturated heterocycles. The number of carbonyl (C=O) groups is 3. The second-order valence-electron chi connectivity index (χ2n) is 11.0. The molecule has 1 aromatic heterocycles. The van der Waals surface area contributed by atoms with Crippen LogP contribution >= 0.6 is 0 Å². The second-order valence-corrected chi connectivity index (χ2v) is 11.0. The Kier molecular flexibility index (Phi) is 9.00. The summed E-state index contributed by atoms with van der Waals surface area (Å²) in [6.07, 6.45) is 1.58. The van der Waals surface area contributed by atoms with Crippen LogP contribution in [0.15, 0.2) is 85.1 Å². The molecular weight excluding hydrogens is 588 g/mol. The van der Waals surface area contributed by atoms with Crippen LogP contribution in [-0.2, 0) is 11.3 Å². The van der Waals surface area contributed by atoms with Gasteiger partial charge in [-0.3, -0.25) is 19.4 Å². The van der Waals surface area contributed by atoms with Crippen LogP contribution in [0.5, 0.6) is 23.0 Å². The van der Waals surface area contributed by atoms with Crippen molar-refractivity contribution in [2.75, 3.05) is 33.9 Å². The minimum atomic E-state index is -0.539. The molecule has 46 heavy (non-hydrogen) atoms. The number of ether oxygens (including phenoxy) is 4. The van der Waals surface area contributed by atoms with Crippen molar-refractivity contribution in [2.45, 2.75) is 25.1 Å². The van der Waals surface area contributed by atoms with E-state index in [-0.39, 0.29) is 36.6 Å². The highest BCUT2D eigenvalue weighted by atomic mass is 16.5. The fraction of sp³-hybridized carbons (Fsp3) is 0.257. The molecule has 2 N–H and O–H groups in total. The van der Waals surface area contributed by atoms with Crippen LogP contribution in [0.1, 0.15) is 32.8 Å². The molecule has 0 spiro atoms. The normalized spacial score (nSPS) is 18.2. The fourth-order valence-electron chi connectivity index (χ4n) is 5.55. The Morgan fingerprint density at radius 3 is 2.59 bits per heavy atom. The Bertz CT molecular complexity index is 1740. The summed E-state index contributed by atoms with van der Waals surface area (Å²) in [7, 11) is 3.09. The largest absolute Gasteiger partial charge is 0.497 e. The van der Waals surface area contributed by atoms with Gasteiger partial charge >= 0.3 is 0 Å². The number of hydrogen-bond donors (Lipinski definition) is 2. The number of aromatic nitrogens is 1. The van der Waals surface area contributed by atoms with Crippen LogP contribution in [0.4, 0.5) is 0 Å². The van der Waals surface area contributed by atoms with Gasteiger partial charge in [-0.25, -0.2) is 0 Å². The molecule has 4 aromatic rings. The van der Waals surface area contributed by atoms with Crippen LogP contribution in [-0.4, -0.2) is 73.7 Å². The SMILES string of the molecule is COc1ccnc(C(=O)N2CC[C@H]3Oc4ccc(cc4)CNC(=O)COc4cccc(c4)-c4cc(ccc4OC)C(=O)N[C@@H]3C2)c1. The van der Waals surface area contributed by atoms with Crippen molar-refractivity contribution in [3.05, 3.63) is 102 Å². The molecule has 3 amide bonds. The number of carbonyl (C=O) groups excluding carboxylic acids is 3. The average molecular weight is 623 g/mol. The molecule has 0 unspecified atom stereocenters. The minimum absolute atomic E-state index is 0.152. The lowest BCUT2D eigenvalue weighted by Crippen LogP contribution is -2.58. The lowest BCUT2D eigenvalue weighted by molar-refractivity contribution is -0.123. The maximum Gasteiger partial charge on any atom is 0.272 e. The average Bonchev–Trinajstić information content (AvgIpc) is 3.10. The van der Waals surface area contributed by atoms with E-state index in [1.807, 2.05) is 36.4 Å². The van der Waals surface area contributed by atoms with E-state index in [4.69, 9.17) is 18.9 Å². The van der Waals surface area contributed by atoms with Crippen LogP contribution in [0.2, 0.25) is 0 Å². The van der Waals surface area contributed by atoms with E-state index in [1.54, 1.807) is 54.5 Å². The van der Waals surface area contributed by atoms with Crippen LogP contribution < -0.4 is 29.6 Å². The molecule has 0 aliphatic carbocycles. The molecule has 236 valence electrons. The Hall–Kier alpha value is -5.58. The first-order chi connectivity index (χ1) is 22.4. The van der Waals surface area contributed by atoms with Crippen molar-refractivity contribution in [3.8, 4) is 34.1 Å². The molecule has 4 heterocycles. The molecule has 1 fully saturated rings. The summed E-state index contributed by atoms with van der Waals surface area (Å²) in [5.41, 5.74) is 2.97. The van der Waals surface area contributed by atoms with Crippen LogP contribution in [0, 0.1) is 0 Å². The molecule has 3 aromatic carbocycles. The van der Waals surface area contributed by atoms with Crippen molar-refractivity contribution < 1.29 is 33.3 Å². The first kappa shape index (κ1) is 30.4. The van der Waals surface area contributed by atoms with E-state index in [0.717, 1.165) is 11.1 Å². The smallest absolute Gasteiger partial charge is 0.272 e. The third-order valence-corrected chi connectivity index (χ3v) is 8.02. The summed E-state index contributed by atoms with van der Waals surface area (Å²) in [4.78, 5) is 45.7. The highest BCUT2D eigenvalue weighted by Crippen LogP contribution is 2.33. The summed E-state index contributed by atoms with van der Waals surface area (Å²) >= 11 is 0. The van der Waals surface area contributed by atoms with Gasteiger partial charge in [0.15, 0.2) is 6.61 Å². The quantitative estimate of drug-likeness (QED) is 0.353. The zero-order valence-electron chi connectivity index (χ0n) is 25.5. The lowest BCUT2D eigenvalue weighted by Gasteiger charge is -2.38. The van der Waals surface area contributed by atoms with Crippen LogP contribution in [0.25, 0.3) is 11.1 Å². The fourth-order valence-corrected chi connectivity index (χ4v) is 5.55. The molecule has 11 heteroatoms. The van der Waals surface area contributed by atoms with Gasteiger partial charge in [0, 0.05) is 49.4 Å². The highest BCUT2D eigenvalue weighted by molar-refractivity contribution is 5.97. The van der Waals surface area contributed by atoms with E-state index in [2.05, 4.69) is 15.6 Å². The molecule has 3 aliphatic rings. The second kappa shape index (κ2) is 13.6. The van der Waals surface area contributed by atoms with Gasteiger partial charge in [0.05, 0.1) is 20.3 Å². The van der Waals surface area contributed by atoms with Crippen molar-refractivity contribution in [1.29, 1.82) is 0 Å². The molecule has 3 aliphatic heterocycles. The van der Waals surface area contributed by atoms with E-state index in [9.17, 15) is 14.4 Å². The number of hydrogen-bond acceptors (Lipinski definition) is 8. The van der Waals surface area contributed by atoms with Gasteiger partial charge in [0.2, 0.25) is 0 Å².